The van der Waals surface area contributed by atoms with Gasteiger partial charge in [0.2, 0.25) is 0 Å². The summed E-state index contributed by atoms with van der Waals surface area (Å²) in [5.74, 6) is 1.49. The Balaban J connectivity index is 1.68. The number of piperidine rings is 1. The van der Waals surface area contributed by atoms with Gasteiger partial charge in [0, 0.05) is 18.3 Å². The molecule has 112 valence electrons. The Labute approximate surface area is 117 Å². The minimum absolute atomic E-state index is 0.340. The Morgan fingerprint density at radius 2 is 1.89 bits per heavy atom. The molecule has 2 fully saturated rings. The van der Waals surface area contributed by atoms with Gasteiger partial charge in [-0.15, -0.1) is 0 Å². The van der Waals surface area contributed by atoms with Crippen molar-refractivity contribution in [3.63, 3.8) is 0 Å². The molecule has 0 spiro atoms. The number of nitrogens with one attached hydrogen (secondary N) is 1. The first-order valence-corrected chi connectivity index (χ1v) is 9.59. The Morgan fingerprint density at radius 1 is 1.16 bits per heavy atom. The number of hydrogen-bond donors (Lipinski definition) is 1. The highest BCUT2D eigenvalue weighted by Crippen LogP contribution is 2.25. The van der Waals surface area contributed by atoms with Crippen LogP contribution in [0.4, 0.5) is 0 Å². The molecule has 0 bridgehead atoms. The molecule has 0 saturated carbocycles. The van der Waals surface area contributed by atoms with Gasteiger partial charge < -0.3 is 10.2 Å². The van der Waals surface area contributed by atoms with Crippen LogP contribution in [0.5, 0.6) is 0 Å². The Hall–Kier alpha value is -0.130. The van der Waals surface area contributed by atoms with Crippen LogP contribution < -0.4 is 5.32 Å². The highest BCUT2D eigenvalue weighted by atomic mass is 32.2. The van der Waals surface area contributed by atoms with E-state index in [0.717, 1.165) is 38.0 Å². The van der Waals surface area contributed by atoms with Crippen molar-refractivity contribution in [2.45, 2.75) is 45.1 Å². The van der Waals surface area contributed by atoms with Crippen LogP contribution in [0.2, 0.25) is 0 Å². The van der Waals surface area contributed by atoms with E-state index < -0.39 is 9.84 Å². The number of hydrogen-bond acceptors (Lipinski definition) is 4. The summed E-state index contributed by atoms with van der Waals surface area (Å²) < 4.78 is 23.4. The third-order valence-electron chi connectivity index (χ3n) is 4.53. The molecule has 0 radical (unpaired) electrons. The molecule has 0 aliphatic carbocycles. The third kappa shape index (κ3) is 4.72. The Kier molecular flexibility index (Phi) is 5.66. The molecule has 2 rings (SSSR count). The predicted molar refractivity (Wildman–Crippen MR) is 79.1 cm³/mol. The molecule has 2 aliphatic heterocycles. The largest absolute Gasteiger partial charge is 0.314 e. The van der Waals surface area contributed by atoms with Crippen LogP contribution in [-0.2, 0) is 9.84 Å². The van der Waals surface area contributed by atoms with Crippen LogP contribution in [0.1, 0.15) is 39.0 Å². The molecule has 2 saturated heterocycles. The van der Waals surface area contributed by atoms with Crippen molar-refractivity contribution < 1.29 is 8.42 Å². The van der Waals surface area contributed by atoms with Crippen LogP contribution >= 0.6 is 0 Å². The summed E-state index contributed by atoms with van der Waals surface area (Å²) in [6.45, 7) is 5.99. The lowest BCUT2D eigenvalue weighted by molar-refractivity contribution is 0.170. The Bertz CT molecular complexity index is 356. The summed E-state index contributed by atoms with van der Waals surface area (Å²) in [4.78, 5) is 2.33. The first kappa shape index (κ1) is 15.3. The lowest BCUT2D eigenvalue weighted by Gasteiger charge is -2.34. The van der Waals surface area contributed by atoms with Gasteiger partial charge in [0.05, 0.1) is 5.75 Å². The van der Waals surface area contributed by atoms with Gasteiger partial charge in [-0.2, -0.15) is 0 Å². The maximum atomic E-state index is 11.7. The number of nitrogens with zero attached hydrogens (tertiary/aromatic N) is 1. The summed E-state index contributed by atoms with van der Waals surface area (Å²) in [6.07, 6.45) is 5.84. The lowest BCUT2D eigenvalue weighted by Crippen LogP contribution is -2.42. The van der Waals surface area contributed by atoms with Crippen molar-refractivity contribution in [2.75, 3.05) is 37.7 Å². The van der Waals surface area contributed by atoms with Crippen molar-refractivity contribution in [1.82, 2.24) is 10.2 Å². The van der Waals surface area contributed by atoms with Gasteiger partial charge in [-0.3, -0.25) is 0 Å². The second kappa shape index (κ2) is 7.04. The minimum Gasteiger partial charge on any atom is -0.314 e. The zero-order chi connectivity index (χ0) is 13.7. The van der Waals surface area contributed by atoms with Crippen molar-refractivity contribution >= 4 is 9.84 Å². The number of sulfone groups is 1. The van der Waals surface area contributed by atoms with Gasteiger partial charge in [0.25, 0.3) is 0 Å². The smallest absolute Gasteiger partial charge is 0.151 e. The fraction of sp³-hybridized carbons (Fsp3) is 1.00. The van der Waals surface area contributed by atoms with Gasteiger partial charge in [0.15, 0.2) is 9.84 Å². The quantitative estimate of drug-likeness (QED) is 0.800. The molecule has 0 aromatic heterocycles. The SMILES string of the molecule is CCCS(=O)(=O)CCN1CCC(C2CCCN2)CC1. The standard InChI is InChI=1S/C14H28N2O2S/c1-2-11-19(17,18)12-10-16-8-5-13(6-9-16)14-4-3-7-15-14/h13-15H,2-12H2,1H3. The van der Waals surface area contributed by atoms with Crippen LogP contribution in [0.25, 0.3) is 0 Å². The van der Waals surface area contributed by atoms with Crippen molar-refractivity contribution in [3.8, 4) is 0 Å². The number of likely N-dealkylation sites (tertiary alicyclic amines) is 1. The summed E-state index contributed by atoms with van der Waals surface area (Å²) >= 11 is 0. The van der Waals surface area contributed by atoms with Crippen molar-refractivity contribution in [2.24, 2.45) is 5.92 Å². The molecule has 0 aromatic carbocycles. The fourth-order valence-electron chi connectivity index (χ4n) is 3.37. The van der Waals surface area contributed by atoms with Gasteiger partial charge in [-0.25, -0.2) is 8.42 Å². The predicted octanol–water partition coefficient (Wildman–Crippen LogP) is 1.28. The molecule has 0 aromatic rings. The van der Waals surface area contributed by atoms with Gasteiger partial charge in [-0.05, 0) is 57.7 Å². The average Bonchev–Trinajstić information content (AvgIpc) is 2.91. The average molecular weight is 288 g/mol. The van der Waals surface area contributed by atoms with Gasteiger partial charge in [-0.1, -0.05) is 6.92 Å². The van der Waals surface area contributed by atoms with Crippen LogP contribution in [0.15, 0.2) is 0 Å². The highest BCUT2D eigenvalue weighted by molar-refractivity contribution is 7.91. The Morgan fingerprint density at radius 3 is 2.47 bits per heavy atom. The van der Waals surface area contributed by atoms with Crippen molar-refractivity contribution in [3.05, 3.63) is 0 Å². The van der Waals surface area contributed by atoms with Crippen LogP contribution in [-0.4, -0.2) is 57.0 Å². The molecule has 2 heterocycles. The van der Waals surface area contributed by atoms with E-state index in [1.54, 1.807) is 0 Å². The van der Waals surface area contributed by atoms with Crippen molar-refractivity contribution in [1.29, 1.82) is 0 Å². The van der Waals surface area contributed by atoms with Crippen LogP contribution in [0, 0.1) is 5.92 Å². The fourth-order valence-corrected chi connectivity index (χ4v) is 4.74. The zero-order valence-corrected chi connectivity index (χ0v) is 12.9. The van der Waals surface area contributed by atoms with E-state index in [-0.39, 0.29) is 0 Å². The first-order valence-electron chi connectivity index (χ1n) is 7.77. The van der Waals surface area contributed by atoms with E-state index in [2.05, 4.69) is 10.2 Å². The second-order valence-electron chi connectivity index (χ2n) is 6.03. The molecule has 1 atom stereocenters. The molecule has 4 nitrogen and oxygen atoms in total. The summed E-state index contributed by atoms with van der Waals surface area (Å²) in [5, 5.41) is 3.60. The maximum Gasteiger partial charge on any atom is 0.151 e. The topological polar surface area (TPSA) is 49.4 Å². The van der Waals surface area contributed by atoms with E-state index in [4.69, 9.17) is 0 Å². The molecule has 0 amide bonds. The van der Waals surface area contributed by atoms with E-state index >= 15 is 0 Å². The lowest BCUT2D eigenvalue weighted by atomic mass is 9.88. The van der Waals surface area contributed by atoms with E-state index in [1.165, 1.54) is 32.2 Å². The zero-order valence-electron chi connectivity index (χ0n) is 12.1. The van der Waals surface area contributed by atoms with Gasteiger partial charge >= 0.3 is 0 Å². The monoisotopic (exact) mass is 288 g/mol. The summed E-state index contributed by atoms with van der Waals surface area (Å²) in [6, 6.07) is 0.728. The molecule has 1 N–H and O–H groups in total. The number of rotatable bonds is 6. The molecule has 1 unspecified atom stereocenters. The summed E-state index contributed by atoms with van der Waals surface area (Å²) in [5.41, 5.74) is 0. The van der Waals surface area contributed by atoms with E-state index in [1.807, 2.05) is 6.92 Å². The molecule has 2 aliphatic rings. The highest BCUT2D eigenvalue weighted by Gasteiger charge is 2.28. The van der Waals surface area contributed by atoms with Crippen LogP contribution in [0.3, 0.4) is 0 Å². The molecular formula is C14H28N2O2S. The van der Waals surface area contributed by atoms with E-state index in [9.17, 15) is 8.42 Å². The molecule has 19 heavy (non-hydrogen) atoms. The van der Waals surface area contributed by atoms with E-state index in [0.29, 0.717) is 11.5 Å². The summed E-state index contributed by atoms with van der Waals surface area (Å²) in [7, 11) is -2.81. The second-order valence-corrected chi connectivity index (χ2v) is 8.34. The normalized spacial score (nSPS) is 26.9. The third-order valence-corrected chi connectivity index (χ3v) is 6.37. The van der Waals surface area contributed by atoms with Gasteiger partial charge in [0.1, 0.15) is 0 Å². The minimum atomic E-state index is -2.81. The molecule has 5 heteroatoms. The maximum absolute atomic E-state index is 11.7. The molecular weight excluding hydrogens is 260 g/mol. The first-order chi connectivity index (χ1) is 9.11.